The van der Waals surface area contributed by atoms with Crippen LogP contribution < -0.4 is 0 Å². The molecule has 0 aliphatic carbocycles. The highest BCUT2D eigenvalue weighted by Gasteiger charge is 2.05. The lowest BCUT2D eigenvalue weighted by Gasteiger charge is -2.07. The van der Waals surface area contributed by atoms with E-state index in [4.69, 9.17) is 0 Å². The molecule has 0 bridgehead atoms. The van der Waals surface area contributed by atoms with Crippen molar-refractivity contribution >= 4 is 0 Å². The summed E-state index contributed by atoms with van der Waals surface area (Å²) in [4.78, 5) is 0. The molecule has 1 aromatic heterocycles. The molecule has 2 nitrogen and oxygen atoms in total. The Hall–Kier alpha value is -0.790. The molecule has 0 aromatic carbocycles. The maximum Gasteiger partial charge on any atom is 0.0524 e. The van der Waals surface area contributed by atoms with E-state index in [2.05, 4.69) is 37.5 Å². The van der Waals surface area contributed by atoms with Crippen molar-refractivity contribution < 1.29 is 0 Å². The number of nitrogens with zero attached hydrogens (tertiary/aromatic N) is 2. The minimum atomic E-state index is 0.482. The van der Waals surface area contributed by atoms with Crippen molar-refractivity contribution in [1.82, 2.24) is 9.78 Å². The van der Waals surface area contributed by atoms with Crippen molar-refractivity contribution in [2.45, 2.75) is 40.2 Å². The van der Waals surface area contributed by atoms with E-state index in [1.807, 2.05) is 6.20 Å². The first-order valence-corrected chi connectivity index (χ1v) is 4.19. The third-order valence-electron chi connectivity index (χ3n) is 2.02. The summed E-state index contributed by atoms with van der Waals surface area (Å²) in [7, 11) is 0. The van der Waals surface area contributed by atoms with Gasteiger partial charge < -0.3 is 0 Å². The maximum atomic E-state index is 4.30. The quantitative estimate of drug-likeness (QED) is 0.636. The van der Waals surface area contributed by atoms with Crippen LogP contribution in [0.5, 0.6) is 0 Å². The van der Waals surface area contributed by atoms with E-state index < -0.39 is 0 Å². The van der Waals surface area contributed by atoms with E-state index >= 15 is 0 Å². The molecule has 0 aliphatic rings. The number of hydrogen-bond donors (Lipinski definition) is 0. The Morgan fingerprint density at radius 3 is 2.45 bits per heavy atom. The van der Waals surface area contributed by atoms with E-state index in [-0.39, 0.29) is 0 Å². The SMILES string of the molecule is CCc1cnn(C(C)C)c1C. The van der Waals surface area contributed by atoms with Crippen LogP contribution in [0.25, 0.3) is 0 Å². The van der Waals surface area contributed by atoms with Crippen LogP contribution >= 0.6 is 0 Å². The molecule has 0 unspecified atom stereocenters. The molecule has 11 heavy (non-hydrogen) atoms. The van der Waals surface area contributed by atoms with E-state index in [1.165, 1.54) is 11.3 Å². The molecule has 0 saturated carbocycles. The molecule has 0 spiro atoms. The summed E-state index contributed by atoms with van der Waals surface area (Å²) in [6.07, 6.45) is 3.05. The fourth-order valence-corrected chi connectivity index (χ4v) is 1.33. The molecule has 2 heteroatoms. The summed E-state index contributed by atoms with van der Waals surface area (Å²) < 4.78 is 2.07. The number of aryl methyl sites for hydroxylation is 1. The topological polar surface area (TPSA) is 17.8 Å². The molecule has 62 valence electrons. The van der Waals surface area contributed by atoms with Crippen LogP contribution in [0.4, 0.5) is 0 Å². The third kappa shape index (κ3) is 1.44. The van der Waals surface area contributed by atoms with Crippen LogP contribution in [-0.2, 0) is 6.42 Å². The first-order valence-electron chi connectivity index (χ1n) is 4.19. The van der Waals surface area contributed by atoms with E-state index in [9.17, 15) is 0 Å². The number of rotatable bonds is 2. The summed E-state index contributed by atoms with van der Waals surface area (Å²) in [5.41, 5.74) is 2.67. The fourth-order valence-electron chi connectivity index (χ4n) is 1.33. The third-order valence-corrected chi connectivity index (χ3v) is 2.02. The van der Waals surface area contributed by atoms with Gasteiger partial charge in [0.2, 0.25) is 0 Å². The Morgan fingerprint density at radius 1 is 1.55 bits per heavy atom. The zero-order valence-electron chi connectivity index (χ0n) is 7.76. The van der Waals surface area contributed by atoms with Gasteiger partial charge in [-0.15, -0.1) is 0 Å². The fraction of sp³-hybridized carbons (Fsp3) is 0.667. The first kappa shape index (κ1) is 8.31. The van der Waals surface area contributed by atoms with Gasteiger partial charge in [-0.25, -0.2) is 0 Å². The van der Waals surface area contributed by atoms with Gasteiger partial charge in [0.1, 0.15) is 0 Å². The summed E-state index contributed by atoms with van der Waals surface area (Å²) in [6, 6.07) is 0.482. The van der Waals surface area contributed by atoms with Gasteiger partial charge in [0.15, 0.2) is 0 Å². The van der Waals surface area contributed by atoms with Crippen molar-refractivity contribution in [3.63, 3.8) is 0 Å². The minimum Gasteiger partial charge on any atom is -0.267 e. The zero-order valence-corrected chi connectivity index (χ0v) is 7.76. The molecule has 1 rings (SSSR count). The van der Waals surface area contributed by atoms with Gasteiger partial charge in [0.25, 0.3) is 0 Å². The van der Waals surface area contributed by atoms with Crippen molar-refractivity contribution in [3.05, 3.63) is 17.5 Å². The van der Waals surface area contributed by atoms with Crippen LogP contribution in [0.2, 0.25) is 0 Å². The average molecular weight is 152 g/mol. The van der Waals surface area contributed by atoms with Gasteiger partial charge >= 0.3 is 0 Å². The molecule has 0 N–H and O–H groups in total. The summed E-state index contributed by atoms with van der Waals surface area (Å²) in [5.74, 6) is 0. The molecule has 0 radical (unpaired) electrons. The van der Waals surface area contributed by atoms with Crippen molar-refractivity contribution in [3.8, 4) is 0 Å². The van der Waals surface area contributed by atoms with Crippen LogP contribution in [0.15, 0.2) is 6.20 Å². The second-order valence-electron chi connectivity index (χ2n) is 3.15. The zero-order chi connectivity index (χ0) is 8.43. The average Bonchev–Trinajstić information content (AvgIpc) is 2.30. The van der Waals surface area contributed by atoms with Crippen molar-refractivity contribution in [2.24, 2.45) is 0 Å². The van der Waals surface area contributed by atoms with Gasteiger partial charge in [0.05, 0.1) is 6.20 Å². The van der Waals surface area contributed by atoms with Crippen LogP contribution in [0.1, 0.15) is 38.1 Å². The predicted octanol–water partition coefficient (Wildman–Crippen LogP) is 2.33. The monoisotopic (exact) mass is 152 g/mol. The maximum absolute atomic E-state index is 4.30. The van der Waals surface area contributed by atoms with Gasteiger partial charge in [-0.3, -0.25) is 4.68 Å². The molecule has 0 amide bonds. The molecule has 0 atom stereocenters. The second-order valence-corrected chi connectivity index (χ2v) is 3.15. The summed E-state index contributed by atoms with van der Waals surface area (Å²) in [6.45, 7) is 8.60. The molecule has 1 aromatic rings. The Balaban J connectivity index is 3.00. The minimum absolute atomic E-state index is 0.482. The summed E-state index contributed by atoms with van der Waals surface area (Å²) >= 11 is 0. The van der Waals surface area contributed by atoms with Gasteiger partial charge in [-0.1, -0.05) is 6.92 Å². The highest BCUT2D eigenvalue weighted by molar-refractivity contribution is 5.15. The highest BCUT2D eigenvalue weighted by Crippen LogP contribution is 2.12. The lowest BCUT2D eigenvalue weighted by molar-refractivity contribution is 0.518. The van der Waals surface area contributed by atoms with Crippen LogP contribution in [0, 0.1) is 6.92 Å². The predicted molar refractivity (Wildman–Crippen MR) is 46.7 cm³/mol. The van der Waals surface area contributed by atoms with Crippen LogP contribution in [-0.4, -0.2) is 9.78 Å². The Kier molecular flexibility index (Phi) is 2.32. The lowest BCUT2D eigenvalue weighted by Crippen LogP contribution is -2.04. The smallest absolute Gasteiger partial charge is 0.0524 e. The Labute approximate surface area is 68.2 Å². The molecular weight excluding hydrogens is 136 g/mol. The number of aromatic nitrogens is 2. The van der Waals surface area contributed by atoms with Crippen LogP contribution in [0.3, 0.4) is 0 Å². The normalized spacial score (nSPS) is 11.0. The highest BCUT2D eigenvalue weighted by atomic mass is 15.3. The standard InChI is InChI=1S/C9H16N2/c1-5-9-6-10-11(7(2)3)8(9)4/h6-7H,5H2,1-4H3. The molecule has 1 heterocycles. The van der Waals surface area contributed by atoms with E-state index in [0.29, 0.717) is 6.04 Å². The van der Waals surface area contributed by atoms with E-state index in [1.54, 1.807) is 0 Å². The Bertz CT molecular complexity index is 236. The lowest BCUT2D eigenvalue weighted by atomic mass is 10.2. The first-order chi connectivity index (χ1) is 5.16. The van der Waals surface area contributed by atoms with Gasteiger partial charge in [-0.2, -0.15) is 5.10 Å². The van der Waals surface area contributed by atoms with Gasteiger partial charge in [0, 0.05) is 11.7 Å². The molecule has 0 aliphatic heterocycles. The van der Waals surface area contributed by atoms with Gasteiger partial charge in [-0.05, 0) is 32.8 Å². The largest absolute Gasteiger partial charge is 0.267 e. The van der Waals surface area contributed by atoms with Crippen molar-refractivity contribution in [2.75, 3.05) is 0 Å². The molecule has 0 fully saturated rings. The molecule has 0 saturated heterocycles. The molecular formula is C9H16N2. The second kappa shape index (κ2) is 3.07. The summed E-state index contributed by atoms with van der Waals surface area (Å²) in [5, 5.41) is 4.30. The number of hydrogen-bond acceptors (Lipinski definition) is 1. The van der Waals surface area contributed by atoms with E-state index in [0.717, 1.165) is 6.42 Å². The Morgan fingerprint density at radius 2 is 2.18 bits per heavy atom. The van der Waals surface area contributed by atoms with Crippen molar-refractivity contribution in [1.29, 1.82) is 0 Å².